The molecule has 21 heavy (non-hydrogen) atoms. The summed E-state index contributed by atoms with van der Waals surface area (Å²) in [5, 5.41) is 7.30. The molecule has 1 aromatic rings. The zero-order chi connectivity index (χ0) is 15.2. The van der Waals surface area contributed by atoms with Gasteiger partial charge in [0.25, 0.3) is 0 Å². The lowest BCUT2D eigenvalue weighted by atomic mass is 10.1. The summed E-state index contributed by atoms with van der Waals surface area (Å²) in [5.74, 6) is 0.0904. The second-order valence-electron chi connectivity index (χ2n) is 5.97. The molecule has 0 unspecified atom stereocenters. The molecule has 0 saturated carbocycles. The summed E-state index contributed by atoms with van der Waals surface area (Å²) in [4.78, 5) is 14.4. The third-order valence-electron chi connectivity index (χ3n) is 4.02. The number of nitrogens with one attached hydrogen (secondary N) is 1. The van der Waals surface area contributed by atoms with Crippen LogP contribution >= 0.6 is 0 Å². The van der Waals surface area contributed by atoms with Gasteiger partial charge in [0.15, 0.2) is 0 Å². The lowest BCUT2D eigenvalue weighted by molar-refractivity contribution is -0.117. The maximum absolute atomic E-state index is 12.3. The topological polar surface area (TPSA) is 50.2 Å². The van der Waals surface area contributed by atoms with Gasteiger partial charge in [-0.05, 0) is 39.8 Å². The Balaban J connectivity index is 1.95. The van der Waals surface area contributed by atoms with Crippen molar-refractivity contribution in [2.45, 2.75) is 38.1 Å². The van der Waals surface area contributed by atoms with Gasteiger partial charge in [-0.25, -0.2) is 0 Å². The van der Waals surface area contributed by atoms with E-state index in [1.807, 2.05) is 33.5 Å². The first kappa shape index (κ1) is 15.8. The van der Waals surface area contributed by atoms with Gasteiger partial charge >= 0.3 is 0 Å². The van der Waals surface area contributed by atoms with E-state index in [4.69, 9.17) is 0 Å². The minimum atomic E-state index is 0.0904. The Morgan fingerprint density at radius 2 is 2.24 bits per heavy atom. The number of likely N-dealkylation sites (N-methyl/N-ethyl adjacent to an activating group) is 1. The second kappa shape index (κ2) is 7.41. The minimum Gasteiger partial charge on any atom is -0.350 e. The summed E-state index contributed by atoms with van der Waals surface area (Å²) >= 11 is 0. The van der Waals surface area contributed by atoms with Crippen LogP contribution in [0, 0.1) is 0 Å². The molecule has 0 radical (unpaired) electrons. The molecule has 0 aliphatic heterocycles. The number of nitrogens with zero attached hydrogens (tertiary/aromatic N) is 3. The van der Waals surface area contributed by atoms with Crippen molar-refractivity contribution >= 4 is 5.91 Å². The number of hydrogen-bond donors (Lipinski definition) is 1. The molecule has 2 rings (SSSR count). The summed E-state index contributed by atoms with van der Waals surface area (Å²) in [7, 11) is 5.95. The van der Waals surface area contributed by atoms with Crippen LogP contribution in [0.15, 0.2) is 24.0 Å². The maximum Gasteiger partial charge on any atom is 0.246 e. The van der Waals surface area contributed by atoms with E-state index in [1.165, 1.54) is 12.8 Å². The number of aromatic nitrogens is 2. The molecule has 1 aromatic heterocycles. The molecule has 1 amide bonds. The van der Waals surface area contributed by atoms with Crippen molar-refractivity contribution in [3.63, 3.8) is 0 Å². The quantitative estimate of drug-likeness (QED) is 0.902. The monoisotopic (exact) mass is 290 g/mol. The average molecular weight is 290 g/mol. The molecule has 5 heteroatoms. The normalized spacial score (nSPS) is 17.2. The van der Waals surface area contributed by atoms with Gasteiger partial charge in [0, 0.05) is 30.9 Å². The second-order valence-corrected chi connectivity index (χ2v) is 5.97. The molecule has 1 aliphatic rings. The summed E-state index contributed by atoms with van der Waals surface area (Å²) in [5.41, 5.74) is 2.08. The van der Waals surface area contributed by atoms with Crippen molar-refractivity contribution < 1.29 is 4.79 Å². The summed E-state index contributed by atoms with van der Waals surface area (Å²) in [6.07, 6.45) is 11.5. The summed E-state index contributed by atoms with van der Waals surface area (Å²) in [6.45, 7) is 0.606. The third kappa shape index (κ3) is 4.43. The molecule has 1 atom stereocenters. The molecular formula is C16H26N4O. The Morgan fingerprint density at radius 1 is 1.43 bits per heavy atom. The van der Waals surface area contributed by atoms with E-state index in [0.29, 0.717) is 6.54 Å². The first-order valence-electron chi connectivity index (χ1n) is 7.70. The first-order valence-corrected chi connectivity index (χ1v) is 7.70. The number of rotatable bonds is 5. The Labute approximate surface area is 127 Å². The molecule has 0 spiro atoms. The van der Waals surface area contributed by atoms with Crippen LogP contribution in [0.4, 0.5) is 0 Å². The predicted octanol–water partition coefficient (Wildman–Crippen LogP) is 2.03. The van der Waals surface area contributed by atoms with E-state index < -0.39 is 0 Å². The zero-order valence-electron chi connectivity index (χ0n) is 13.3. The van der Waals surface area contributed by atoms with Crippen molar-refractivity contribution in [3.05, 3.63) is 29.6 Å². The highest BCUT2D eigenvalue weighted by Gasteiger charge is 2.18. The van der Waals surface area contributed by atoms with Crippen molar-refractivity contribution in [2.75, 3.05) is 20.6 Å². The van der Waals surface area contributed by atoms with Gasteiger partial charge in [-0.1, -0.05) is 12.5 Å². The van der Waals surface area contributed by atoms with E-state index in [0.717, 1.165) is 30.4 Å². The smallest absolute Gasteiger partial charge is 0.246 e. The Hall–Kier alpha value is -1.62. The van der Waals surface area contributed by atoms with Gasteiger partial charge in [-0.2, -0.15) is 5.10 Å². The number of allylic oxidation sites excluding steroid dienone is 1. The lowest BCUT2D eigenvalue weighted by Gasteiger charge is -2.23. The molecule has 116 valence electrons. The highest BCUT2D eigenvalue weighted by Crippen LogP contribution is 2.19. The molecule has 0 bridgehead atoms. The van der Waals surface area contributed by atoms with Gasteiger partial charge in [-0.3, -0.25) is 9.48 Å². The number of amides is 1. The van der Waals surface area contributed by atoms with Crippen LogP contribution in [0.3, 0.4) is 0 Å². The fraction of sp³-hybridized carbons (Fsp3) is 0.625. The van der Waals surface area contributed by atoms with Crippen molar-refractivity contribution in [2.24, 2.45) is 7.05 Å². The highest BCUT2D eigenvalue weighted by molar-refractivity contribution is 5.93. The fourth-order valence-electron chi connectivity index (χ4n) is 2.73. The Kier molecular flexibility index (Phi) is 5.56. The molecule has 1 aliphatic carbocycles. The van der Waals surface area contributed by atoms with Crippen LogP contribution in [0.1, 0.15) is 43.7 Å². The molecular weight excluding hydrogens is 264 g/mol. The van der Waals surface area contributed by atoms with Gasteiger partial charge in [0.2, 0.25) is 5.91 Å². The number of carbonyl (C=O) groups excluding carboxylic acids is 1. The molecule has 5 nitrogen and oxygen atoms in total. The van der Waals surface area contributed by atoms with Crippen LogP contribution in [0.25, 0.3) is 0 Å². The maximum atomic E-state index is 12.3. The van der Waals surface area contributed by atoms with Crippen molar-refractivity contribution in [1.29, 1.82) is 0 Å². The van der Waals surface area contributed by atoms with Gasteiger partial charge in [-0.15, -0.1) is 0 Å². The molecule has 1 N–H and O–H groups in total. The van der Waals surface area contributed by atoms with Crippen LogP contribution in [0.2, 0.25) is 0 Å². The Morgan fingerprint density at radius 3 is 2.90 bits per heavy atom. The molecule has 0 fully saturated rings. The van der Waals surface area contributed by atoms with Crippen LogP contribution < -0.4 is 5.32 Å². The van der Waals surface area contributed by atoms with Crippen molar-refractivity contribution in [3.8, 4) is 0 Å². The fourth-order valence-corrected chi connectivity index (χ4v) is 2.73. The van der Waals surface area contributed by atoms with Crippen LogP contribution in [-0.2, 0) is 11.8 Å². The van der Waals surface area contributed by atoms with Crippen molar-refractivity contribution in [1.82, 2.24) is 20.0 Å². The van der Waals surface area contributed by atoms with E-state index in [-0.39, 0.29) is 11.9 Å². The number of carbonyl (C=O) groups is 1. The molecule has 1 heterocycles. The zero-order valence-corrected chi connectivity index (χ0v) is 13.3. The SMILES string of the molecule is CN(C)[C@H](CNC(=O)C1=CCCCCC1)c1cnn(C)c1. The summed E-state index contributed by atoms with van der Waals surface area (Å²) < 4.78 is 1.79. The van der Waals surface area contributed by atoms with Gasteiger partial charge in [0.1, 0.15) is 0 Å². The van der Waals surface area contributed by atoms with E-state index in [9.17, 15) is 4.79 Å². The standard InChI is InChI=1S/C16H26N4O/c1-19(2)15(14-10-18-20(3)12-14)11-17-16(21)13-8-6-4-5-7-9-13/h8,10,12,15H,4-7,9,11H2,1-3H3,(H,17,21)/t15-/m1/s1. The Bertz CT molecular complexity index is 504. The van der Waals surface area contributed by atoms with Crippen LogP contribution in [0.5, 0.6) is 0 Å². The molecule has 0 aromatic carbocycles. The van der Waals surface area contributed by atoms with Gasteiger partial charge < -0.3 is 10.2 Å². The summed E-state index contributed by atoms with van der Waals surface area (Å²) in [6, 6.07) is 0.147. The average Bonchev–Trinajstić information content (AvgIpc) is 2.71. The lowest BCUT2D eigenvalue weighted by Crippen LogP contribution is -2.35. The highest BCUT2D eigenvalue weighted by atomic mass is 16.1. The molecule has 0 saturated heterocycles. The largest absolute Gasteiger partial charge is 0.350 e. The predicted molar refractivity (Wildman–Crippen MR) is 83.8 cm³/mol. The van der Waals surface area contributed by atoms with Gasteiger partial charge in [0.05, 0.1) is 12.2 Å². The number of hydrogen-bond acceptors (Lipinski definition) is 3. The first-order chi connectivity index (χ1) is 10.1. The van der Waals surface area contributed by atoms with E-state index in [1.54, 1.807) is 4.68 Å². The minimum absolute atomic E-state index is 0.0904. The number of aryl methyl sites for hydroxylation is 1. The third-order valence-corrected chi connectivity index (χ3v) is 4.02. The van der Waals surface area contributed by atoms with E-state index in [2.05, 4.69) is 21.4 Å². The van der Waals surface area contributed by atoms with Crippen LogP contribution in [-0.4, -0.2) is 41.2 Å². The van der Waals surface area contributed by atoms with E-state index >= 15 is 0 Å².